The van der Waals surface area contributed by atoms with E-state index in [9.17, 15) is 0 Å². The van der Waals surface area contributed by atoms with Gasteiger partial charge in [-0.25, -0.2) is 4.98 Å². The first-order valence-electron chi connectivity index (χ1n) is 7.89. The van der Waals surface area contributed by atoms with Crippen molar-refractivity contribution in [3.05, 3.63) is 23.9 Å². The van der Waals surface area contributed by atoms with Gasteiger partial charge < -0.3 is 10.2 Å². The number of pyridine rings is 1. The first-order valence-corrected chi connectivity index (χ1v) is 7.89. The summed E-state index contributed by atoms with van der Waals surface area (Å²) in [6.07, 6.45) is 6.05. The van der Waals surface area contributed by atoms with Crippen molar-refractivity contribution in [2.24, 2.45) is 0 Å². The molecular formula is C16H26N4. The van der Waals surface area contributed by atoms with Gasteiger partial charge in [-0.1, -0.05) is 6.07 Å². The molecule has 2 saturated heterocycles. The van der Waals surface area contributed by atoms with Gasteiger partial charge in [0.15, 0.2) is 0 Å². The standard InChI is InChI=1S/C16H26N4/c1-3-19(2)16-7-4-13(10-17-16)11-20-9-8-14-5-6-15(12-20)18-14/h4,7,10,14-15,18H,3,5-6,8-9,11-12H2,1-2H3. The van der Waals surface area contributed by atoms with E-state index in [0.29, 0.717) is 6.04 Å². The van der Waals surface area contributed by atoms with Crippen LogP contribution < -0.4 is 10.2 Å². The van der Waals surface area contributed by atoms with Crippen LogP contribution in [0.15, 0.2) is 18.3 Å². The third-order valence-corrected chi connectivity index (χ3v) is 4.69. The zero-order valence-electron chi connectivity index (χ0n) is 12.7. The Morgan fingerprint density at radius 2 is 2.15 bits per heavy atom. The Bertz CT molecular complexity index is 431. The smallest absolute Gasteiger partial charge is 0.128 e. The number of nitrogens with one attached hydrogen (secondary N) is 1. The van der Waals surface area contributed by atoms with Crippen molar-refractivity contribution < 1.29 is 0 Å². The van der Waals surface area contributed by atoms with Crippen LogP contribution in [0.5, 0.6) is 0 Å². The minimum absolute atomic E-state index is 0.709. The van der Waals surface area contributed by atoms with Crippen LogP contribution >= 0.6 is 0 Å². The Morgan fingerprint density at radius 3 is 2.90 bits per heavy atom. The van der Waals surface area contributed by atoms with E-state index in [1.54, 1.807) is 0 Å². The van der Waals surface area contributed by atoms with Crippen molar-refractivity contribution in [1.82, 2.24) is 15.2 Å². The van der Waals surface area contributed by atoms with Gasteiger partial charge in [0.05, 0.1) is 0 Å². The van der Waals surface area contributed by atoms with E-state index >= 15 is 0 Å². The minimum atomic E-state index is 0.709. The van der Waals surface area contributed by atoms with Crippen molar-refractivity contribution in [2.75, 3.05) is 31.6 Å². The summed E-state index contributed by atoms with van der Waals surface area (Å²) in [7, 11) is 2.08. The molecule has 1 N–H and O–H groups in total. The predicted octanol–water partition coefficient (Wildman–Crippen LogP) is 1.86. The van der Waals surface area contributed by atoms with Crippen molar-refractivity contribution in [3.8, 4) is 0 Å². The zero-order valence-corrected chi connectivity index (χ0v) is 12.7. The molecule has 0 aliphatic carbocycles. The molecule has 2 atom stereocenters. The summed E-state index contributed by atoms with van der Waals surface area (Å²) in [6.45, 7) is 6.58. The number of likely N-dealkylation sites (tertiary alicyclic amines) is 1. The van der Waals surface area contributed by atoms with Gasteiger partial charge in [-0.15, -0.1) is 0 Å². The number of fused-ring (bicyclic) bond motifs is 2. The molecule has 2 aliphatic heterocycles. The molecule has 4 heteroatoms. The topological polar surface area (TPSA) is 31.4 Å². The summed E-state index contributed by atoms with van der Waals surface area (Å²) in [5, 5.41) is 3.74. The van der Waals surface area contributed by atoms with E-state index in [4.69, 9.17) is 0 Å². The van der Waals surface area contributed by atoms with E-state index in [-0.39, 0.29) is 0 Å². The average molecular weight is 274 g/mol. The van der Waals surface area contributed by atoms with Gasteiger partial charge in [-0.2, -0.15) is 0 Å². The fraction of sp³-hybridized carbons (Fsp3) is 0.688. The molecule has 0 amide bonds. The average Bonchev–Trinajstić information content (AvgIpc) is 2.81. The molecule has 3 heterocycles. The van der Waals surface area contributed by atoms with Gasteiger partial charge in [-0.05, 0) is 37.8 Å². The fourth-order valence-electron chi connectivity index (χ4n) is 3.32. The van der Waals surface area contributed by atoms with Gasteiger partial charge in [0.1, 0.15) is 5.82 Å². The van der Waals surface area contributed by atoms with Gasteiger partial charge in [-0.3, -0.25) is 4.90 Å². The summed E-state index contributed by atoms with van der Waals surface area (Å²) >= 11 is 0. The monoisotopic (exact) mass is 274 g/mol. The van der Waals surface area contributed by atoms with Gasteiger partial charge >= 0.3 is 0 Å². The van der Waals surface area contributed by atoms with Crippen LogP contribution in [-0.2, 0) is 6.54 Å². The quantitative estimate of drug-likeness (QED) is 0.908. The zero-order chi connectivity index (χ0) is 13.9. The van der Waals surface area contributed by atoms with Crippen molar-refractivity contribution in [1.29, 1.82) is 0 Å². The SMILES string of the molecule is CCN(C)c1ccc(CN2CCC3CCC(C2)N3)cn1. The minimum Gasteiger partial charge on any atom is -0.360 e. The highest BCUT2D eigenvalue weighted by atomic mass is 15.2. The number of anilines is 1. The van der Waals surface area contributed by atoms with E-state index in [0.717, 1.165) is 24.9 Å². The summed E-state index contributed by atoms with van der Waals surface area (Å²) in [4.78, 5) is 9.32. The summed E-state index contributed by atoms with van der Waals surface area (Å²) in [6, 6.07) is 5.84. The van der Waals surface area contributed by atoms with Crippen LogP contribution in [-0.4, -0.2) is 48.6 Å². The predicted molar refractivity (Wildman–Crippen MR) is 83.0 cm³/mol. The molecule has 2 fully saturated rings. The van der Waals surface area contributed by atoms with E-state index < -0.39 is 0 Å². The van der Waals surface area contributed by atoms with Gasteiger partial charge in [0.2, 0.25) is 0 Å². The molecule has 2 bridgehead atoms. The molecule has 20 heavy (non-hydrogen) atoms. The molecule has 0 spiro atoms. The highest BCUT2D eigenvalue weighted by Gasteiger charge is 2.28. The lowest BCUT2D eigenvalue weighted by Crippen LogP contribution is -2.35. The van der Waals surface area contributed by atoms with Crippen molar-refractivity contribution >= 4 is 5.82 Å². The number of rotatable bonds is 4. The second-order valence-corrected chi connectivity index (χ2v) is 6.20. The van der Waals surface area contributed by atoms with Crippen LogP contribution in [0.2, 0.25) is 0 Å². The maximum Gasteiger partial charge on any atom is 0.128 e. The molecule has 0 radical (unpaired) electrons. The Labute approximate surface area is 122 Å². The number of aromatic nitrogens is 1. The molecule has 2 aliphatic rings. The second kappa shape index (κ2) is 6.10. The van der Waals surface area contributed by atoms with Crippen molar-refractivity contribution in [3.63, 3.8) is 0 Å². The second-order valence-electron chi connectivity index (χ2n) is 6.20. The molecule has 1 aromatic heterocycles. The van der Waals surface area contributed by atoms with E-state index in [1.807, 2.05) is 6.20 Å². The maximum atomic E-state index is 4.57. The van der Waals surface area contributed by atoms with E-state index in [1.165, 1.54) is 37.9 Å². The molecule has 1 aromatic rings. The summed E-state index contributed by atoms with van der Waals surface area (Å²) in [5.74, 6) is 1.06. The van der Waals surface area contributed by atoms with Crippen LogP contribution in [0.25, 0.3) is 0 Å². The van der Waals surface area contributed by atoms with E-state index in [2.05, 4.69) is 46.2 Å². The third kappa shape index (κ3) is 3.13. The molecule has 0 aromatic carbocycles. The molecule has 3 rings (SSSR count). The Hall–Kier alpha value is -1.13. The van der Waals surface area contributed by atoms with Gasteiger partial charge in [0.25, 0.3) is 0 Å². The van der Waals surface area contributed by atoms with Crippen molar-refractivity contribution in [2.45, 2.75) is 44.8 Å². The molecular weight excluding hydrogens is 248 g/mol. The lowest BCUT2D eigenvalue weighted by Gasteiger charge is -2.24. The normalized spacial score (nSPS) is 26.5. The summed E-state index contributed by atoms with van der Waals surface area (Å²) < 4.78 is 0. The molecule has 0 saturated carbocycles. The van der Waals surface area contributed by atoms with Gasteiger partial charge in [0, 0.05) is 51.5 Å². The lowest BCUT2D eigenvalue weighted by atomic mass is 10.1. The summed E-state index contributed by atoms with van der Waals surface area (Å²) in [5.41, 5.74) is 1.33. The maximum absolute atomic E-state index is 4.57. The highest BCUT2D eigenvalue weighted by Crippen LogP contribution is 2.21. The van der Waals surface area contributed by atoms with Crippen LogP contribution in [0.1, 0.15) is 31.7 Å². The Kier molecular flexibility index (Phi) is 4.22. The Morgan fingerprint density at radius 1 is 1.30 bits per heavy atom. The number of hydrogen-bond acceptors (Lipinski definition) is 4. The molecule has 4 nitrogen and oxygen atoms in total. The number of hydrogen-bond donors (Lipinski definition) is 1. The highest BCUT2D eigenvalue weighted by molar-refractivity contribution is 5.37. The fourth-order valence-corrected chi connectivity index (χ4v) is 3.32. The lowest BCUT2D eigenvalue weighted by molar-refractivity contribution is 0.250. The molecule has 2 unspecified atom stereocenters. The Balaban J connectivity index is 1.60. The third-order valence-electron chi connectivity index (χ3n) is 4.69. The molecule has 110 valence electrons. The largest absolute Gasteiger partial charge is 0.360 e. The number of nitrogens with zero attached hydrogens (tertiary/aromatic N) is 3. The van der Waals surface area contributed by atoms with Crippen LogP contribution in [0.4, 0.5) is 5.82 Å². The van der Waals surface area contributed by atoms with Crippen LogP contribution in [0, 0.1) is 0 Å². The van der Waals surface area contributed by atoms with Crippen LogP contribution in [0.3, 0.4) is 0 Å². The first kappa shape index (κ1) is 13.8. The first-order chi connectivity index (χ1) is 9.74.